The lowest BCUT2D eigenvalue weighted by Crippen LogP contribution is -2.57. The second-order valence-corrected chi connectivity index (χ2v) is 9.18. The zero-order chi connectivity index (χ0) is 24.7. The van der Waals surface area contributed by atoms with E-state index < -0.39 is 41.2 Å². The van der Waals surface area contributed by atoms with Gasteiger partial charge in [0.2, 0.25) is 11.8 Å². The first-order chi connectivity index (χ1) is 16.9. The Morgan fingerprint density at radius 3 is 2.34 bits per heavy atom. The summed E-state index contributed by atoms with van der Waals surface area (Å²) in [5.74, 6) is -4.04. The average molecular weight is 491 g/mol. The van der Waals surface area contributed by atoms with E-state index in [2.05, 4.69) is 5.32 Å². The molecule has 0 aliphatic carbocycles. The number of halogens is 1. The number of hydrogen-bond donors (Lipinski definition) is 2. The molecule has 2 N–H and O–H groups in total. The third-order valence-corrected chi connectivity index (χ3v) is 7.27. The van der Waals surface area contributed by atoms with E-state index in [4.69, 9.17) is 16.3 Å². The topological polar surface area (TPSA) is 95.9 Å². The summed E-state index contributed by atoms with van der Waals surface area (Å²) in [5.41, 5.74) is -0.129. The SMILES string of the molecule is COc1ccccc1N1C(=O)C2C(c3ccccc3Cl)NC(Cc3ccccc3)(C(=O)O)C2C1=O. The predicted octanol–water partition coefficient (Wildman–Crippen LogP) is 3.86. The van der Waals surface area contributed by atoms with E-state index in [0.717, 1.165) is 10.5 Å². The first-order valence-corrected chi connectivity index (χ1v) is 11.6. The molecule has 2 fully saturated rings. The van der Waals surface area contributed by atoms with Crippen molar-refractivity contribution in [3.8, 4) is 5.75 Å². The highest BCUT2D eigenvalue weighted by molar-refractivity contribution is 6.31. The molecule has 2 amide bonds. The van der Waals surface area contributed by atoms with E-state index >= 15 is 0 Å². The molecule has 0 aromatic heterocycles. The summed E-state index contributed by atoms with van der Waals surface area (Å²) in [6, 6.07) is 22.0. The molecule has 2 saturated heterocycles. The highest BCUT2D eigenvalue weighted by Crippen LogP contribution is 2.52. The number of carbonyl (C=O) groups excluding carboxylic acids is 2. The fraction of sp³-hybridized carbons (Fsp3) is 0.222. The number of anilines is 1. The maximum Gasteiger partial charge on any atom is 0.325 e. The van der Waals surface area contributed by atoms with Crippen LogP contribution in [0.4, 0.5) is 5.69 Å². The molecule has 3 aromatic rings. The van der Waals surface area contributed by atoms with Crippen LogP contribution in [0.25, 0.3) is 0 Å². The number of hydrogen-bond acceptors (Lipinski definition) is 5. The first-order valence-electron chi connectivity index (χ1n) is 11.2. The molecule has 2 heterocycles. The number of rotatable bonds is 6. The molecule has 0 bridgehead atoms. The summed E-state index contributed by atoms with van der Waals surface area (Å²) < 4.78 is 5.40. The van der Waals surface area contributed by atoms with Gasteiger partial charge in [-0.2, -0.15) is 0 Å². The van der Waals surface area contributed by atoms with Crippen LogP contribution in [0.5, 0.6) is 5.75 Å². The summed E-state index contributed by atoms with van der Waals surface area (Å²) in [5, 5.41) is 14.1. The van der Waals surface area contributed by atoms with Gasteiger partial charge in [-0.1, -0.05) is 72.3 Å². The van der Waals surface area contributed by atoms with Gasteiger partial charge in [-0.15, -0.1) is 0 Å². The molecule has 8 heteroatoms. The second kappa shape index (κ2) is 8.83. The van der Waals surface area contributed by atoms with Crippen LogP contribution in [0, 0.1) is 11.8 Å². The Morgan fingerprint density at radius 2 is 1.66 bits per heavy atom. The van der Waals surface area contributed by atoms with Crippen molar-refractivity contribution in [1.29, 1.82) is 0 Å². The second-order valence-electron chi connectivity index (χ2n) is 8.77. The van der Waals surface area contributed by atoms with Gasteiger partial charge in [-0.25, -0.2) is 4.90 Å². The Kier molecular flexibility index (Phi) is 5.83. The highest BCUT2D eigenvalue weighted by Gasteiger charge is 2.69. The van der Waals surface area contributed by atoms with Crippen LogP contribution in [-0.2, 0) is 20.8 Å². The maximum atomic E-state index is 14.0. The van der Waals surface area contributed by atoms with E-state index in [1.807, 2.05) is 30.3 Å². The Bertz CT molecular complexity index is 1310. The number of imide groups is 1. The fourth-order valence-electron chi connectivity index (χ4n) is 5.40. The number of aliphatic carboxylic acids is 1. The van der Waals surface area contributed by atoms with Gasteiger partial charge in [0.1, 0.15) is 11.3 Å². The van der Waals surface area contributed by atoms with E-state index in [9.17, 15) is 19.5 Å². The van der Waals surface area contributed by atoms with Crippen LogP contribution >= 0.6 is 11.6 Å². The average Bonchev–Trinajstić information content (AvgIpc) is 3.34. The van der Waals surface area contributed by atoms with Crippen LogP contribution in [-0.4, -0.2) is 35.5 Å². The zero-order valence-electron chi connectivity index (χ0n) is 18.9. The monoisotopic (exact) mass is 490 g/mol. The van der Waals surface area contributed by atoms with E-state index in [0.29, 0.717) is 16.3 Å². The van der Waals surface area contributed by atoms with Crippen LogP contribution < -0.4 is 15.0 Å². The van der Waals surface area contributed by atoms with Crippen LogP contribution in [0.3, 0.4) is 0 Å². The molecular weight excluding hydrogens is 468 g/mol. The van der Waals surface area contributed by atoms with Crippen molar-refractivity contribution in [2.75, 3.05) is 12.0 Å². The molecule has 2 aliphatic heterocycles. The van der Waals surface area contributed by atoms with Crippen molar-refractivity contribution in [1.82, 2.24) is 5.32 Å². The third-order valence-electron chi connectivity index (χ3n) is 6.93. The number of methoxy groups -OCH3 is 1. The highest BCUT2D eigenvalue weighted by atomic mass is 35.5. The minimum Gasteiger partial charge on any atom is -0.495 e. The minimum atomic E-state index is -1.72. The normalized spacial score (nSPS) is 25.5. The number of nitrogens with zero attached hydrogens (tertiary/aromatic N) is 1. The van der Waals surface area contributed by atoms with Crippen molar-refractivity contribution in [3.63, 3.8) is 0 Å². The molecule has 5 rings (SSSR count). The van der Waals surface area contributed by atoms with Crippen molar-refractivity contribution >= 4 is 35.1 Å². The maximum absolute atomic E-state index is 14.0. The number of ether oxygens (including phenoxy) is 1. The first kappa shape index (κ1) is 23.1. The fourth-order valence-corrected chi connectivity index (χ4v) is 5.66. The van der Waals surface area contributed by atoms with Crippen LogP contribution in [0.15, 0.2) is 78.9 Å². The third kappa shape index (κ3) is 3.59. The Morgan fingerprint density at radius 1 is 1.00 bits per heavy atom. The molecule has 7 nitrogen and oxygen atoms in total. The van der Waals surface area contributed by atoms with E-state index in [1.165, 1.54) is 7.11 Å². The number of benzene rings is 3. The van der Waals surface area contributed by atoms with Gasteiger partial charge in [0.05, 0.1) is 24.6 Å². The number of para-hydroxylation sites is 2. The molecule has 0 saturated carbocycles. The Labute approximate surface area is 207 Å². The Balaban J connectivity index is 1.69. The van der Waals surface area contributed by atoms with Gasteiger partial charge in [0, 0.05) is 17.5 Å². The van der Waals surface area contributed by atoms with Crippen LogP contribution in [0.2, 0.25) is 5.02 Å². The molecule has 2 aliphatic rings. The Hall–Kier alpha value is -3.68. The van der Waals surface area contributed by atoms with Gasteiger partial charge in [0.25, 0.3) is 0 Å². The summed E-state index contributed by atoms with van der Waals surface area (Å²) in [7, 11) is 1.45. The summed E-state index contributed by atoms with van der Waals surface area (Å²) >= 11 is 6.50. The van der Waals surface area contributed by atoms with E-state index in [-0.39, 0.29) is 12.1 Å². The molecule has 4 atom stereocenters. The lowest BCUT2D eigenvalue weighted by molar-refractivity contribution is -0.148. The number of amides is 2. The minimum absolute atomic E-state index is 0.0179. The van der Waals surface area contributed by atoms with Crippen LogP contribution in [0.1, 0.15) is 17.2 Å². The molecule has 35 heavy (non-hydrogen) atoms. The summed E-state index contributed by atoms with van der Waals surface area (Å²) in [6.07, 6.45) is 0.0179. The lowest BCUT2D eigenvalue weighted by Gasteiger charge is -2.31. The van der Waals surface area contributed by atoms with Gasteiger partial charge >= 0.3 is 5.97 Å². The number of carboxylic acids is 1. The molecule has 3 aromatic carbocycles. The number of carboxylic acid groups (broad SMARTS) is 1. The quantitative estimate of drug-likeness (QED) is 0.509. The molecule has 0 spiro atoms. The predicted molar refractivity (Wildman–Crippen MR) is 130 cm³/mol. The summed E-state index contributed by atoms with van der Waals surface area (Å²) in [4.78, 5) is 41.9. The zero-order valence-corrected chi connectivity index (χ0v) is 19.6. The lowest BCUT2D eigenvalue weighted by atomic mass is 9.76. The van der Waals surface area contributed by atoms with E-state index in [1.54, 1.807) is 48.5 Å². The van der Waals surface area contributed by atoms with Gasteiger partial charge in [-0.05, 0) is 29.3 Å². The number of fused-ring (bicyclic) bond motifs is 1. The standard InChI is InChI=1S/C27H23ClN2O5/c1-35-20-14-8-7-13-19(20)30-24(31)21-22(25(30)32)27(26(33)34,15-16-9-3-2-4-10-16)29-23(21)17-11-5-6-12-18(17)28/h2-14,21-23,29H,15H2,1H3,(H,33,34). The molecule has 0 radical (unpaired) electrons. The largest absolute Gasteiger partial charge is 0.495 e. The number of carbonyl (C=O) groups is 3. The van der Waals surface area contributed by atoms with Gasteiger partial charge < -0.3 is 9.84 Å². The molecular formula is C27H23ClN2O5. The van der Waals surface area contributed by atoms with Gasteiger partial charge in [0.15, 0.2) is 0 Å². The number of nitrogens with one attached hydrogen (secondary N) is 1. The van der Waals surface area contributed by atoms with Crippen molar-refractivity contribution < 1.29 is 24.2 Å². The van der Waals surface area contributed by atoms with Crippen molar-refractivity contribution in [3.05, 3.63) is 95.0 Å². The molecule has 4 unspecified atom stereocenters. The molecule has 178 valence electrons. The van der Waals surface area contributed by atoms with Gasteiger partial charge in [-0.3, -0.25) is 19.7 Å². The van der Waals surface area contributed by atoms with Crippen molar-refractivity contribution in [2.24, 2.45) is 11.8 Å². The summed E-state index contributed by atoms with van der Waals surface area (Å²) in [6.45, 7) is 0. The van der Waals surface area contributed by atoms with Crippen molar-refractivity contribution in [2.45, 2.75) is 18.0 Å². The smallest absolute Gasteiger partial charge is 0.325 e.